The van der Waals surface area contributed by atoms with E-state index >= 15 is 0 Å². The first-order valence-electron chi connectivity index (χ1n) is 17.0. The zero-order chi connectivity index (χ0) is 34.6. The minimum atomic E-state index is -1.24. The van der Waals surface area contributed by atoms with E-state index in [1.807, 2.05) is 72.8 Å². The zero-order valence-corrected chi connectivity index (χ0v) is 27.5. The number of H-pyrrole nitrogens is 1. The van der Waals surface area contributed by atoms with Crippen molar-refractivity contribution in [2.24, 2.45) is 5.92 Å². The van der Waals surface area contributed by atoms with Gasteiger partial charge in [-0.15, -0.1) is 0 Å². The maximum absolute atomic E-state index is 13.2. The topological polar surface area (TPSA) is 139 Å². The van der Waals surface area contributed by atoms with Gasteiger partial charge in [-0.3, -0.25) is 14.4 Å². The number of benzene rings is 4. The molecule has 254 valence electrons. The number of hydrogen-bond acceptors (Lipinski definition) is 6. The van der Waals surface area contributed by atoms with Crippen LogP contribution in [0.25, 0.3) is 22.4 Å². The molecule has 4 N–H and O–H groups in total. The molecule has 10 heteroatoms. The lowest BCUT2D eigenvalue weighted by molar-refractivity contribution is -0.141. The Bertz CT molecular complexity index is 1950. The minimum Gasteiger partial charge on any atom is -0.378 e. The second kappa shape index (κ2) is 14.5. The third-order valence-electron chi connectivity index (χ3n) is 9.70. The van der Waals surface area contributed by atoms with Crippen LogP contribution in [0.5, 0.6) is 0 Å². The predicted octanol–water partition coefficient (Wildman–Crippen LogP) is 5.66. The Morgan fingerprint density at radius 2 is 1.30 bits per heavy atom. The number of carbonyl (C=O) groups excluding carboxylic acids is 3. The zero-order valence-electron chi connectivity index (χ0n) is 27.5. The number of rotatable bonds is 9. The highest BCUT2D eigenvalue weighted by Gasteiger charge is 2.36. The fourth-order valence-corrected chi connectivity index (χ4v) is 6.86. The smallest absolute Gasteiger partial charge is 0.256 e. The van der Waals surface area contributed by atoms with Crippen LogP contribution in [-0.4, -0.2) is 67.3 Å². The number of amides is 3. The molecule has 50 heavy (non-hydrogen) atoms. The Balaban J connectivity index is 0.942. The maximum atomic E-state index is 13.2. The van der Waals surface area contributed by atoms with Gasteiger partial charge in [-0.1, -0.05) is 97.1 Å². The molecule has 0 radical (unpaired) electrons. The van der Waals surface area contributed by atoms with Crippen molar-refractivity contribution in [1.82, 2.24) is 19.8 Å². The standard InChI is InChI=1S/C40H39N5O5/c46-35(29-8-3-1-4-9-29)39(49)44-23-21-31(25-44)38(48)42-32-19-17-27(18-20-32)26-13-15-28(16-14-26)33-24-41-37(43-33)34-12-7-22-45(34)40(50)36(47)30-10-5-2-6-11-30/h1-6,8-11,13-20,24,31,34-36,46-47H,7,12,21-23,25H2,(H,41,43)(H,42,48)/t31-,34+,35+,36+/m1/s1. The summed E-state index contributed by atoms with van der Waals surface area (Å²) in [5.74, 6) is -0.502. The molecule has 2 aliphatic heterocycles. The average Bonchev–Trinajstić information content (AvgIpc) is 3.97. The molecule has 7 rings (SSSR count). The molecule has 0 spiro atoms. The molecule has 3 amide bonds. The molecule has 10 nitrogen and oxygen atoms in total. The lowest BCUT2D eigenvalue weighted by atomic mass is 10.0. The molecular weight excluding hydrogens is 630 g/mol. The molecule has 1 aromatic heterocycles. The van der Waals surface area contributed by atoms with Crippen LogP contribution in [0.2, 0.25) is 0 Å². The quantitative estimate of drug-likeness (QED) is 0.160. The van der Waals surface area contributed by atoms with Crippen LogP contribution in [0.1, 0.15) is 54.5 Å². The normalized spacial score (nSPS) is 18.5. The molecule has 4 atom stereocenters. The predicted molar refractivity (Wildman–Crippen MR) is 189 cm³/mol. The Kier molecular flexibility index (Phi) is 9.55. The first-order valence-corrected chi connectivity index (χ1v) is 17.0. The summed E-state index contributed by atoms with van der Waals surface area (Å²) in [7, 11) is 0. The molecule has 0 aliphatic carbocycles. The van der Waals surface area contributed by atoms with Gasteiger partial charge in [-0.2, -0.15) is 0 Å². The maximum Gasteiger partial charge on any atom is 0.256 e. The van der Waals surface area contributed by atoms with Crippen LogP contribution in [0, 0.1) is 5.92 Å². The number of imidazole rings is 1. The van der Waals surface area contributed by atoms with Gasteiger partial charge in [0.1, 0.15) is 5.82 Å². The minimum absolute atomic E-state index is 0.150. The van der Waals surface area contributed by atoms with Crippen LogP contribution < -0.4 is 5.32 Å². The second-order valence-electron chi connectivity index (χ2n) is 12.9. The summed E-state index contributed by atoms with van der Waals surface area (Å²) in [6.45, 7) is 1.26. The number of carbonyl (C=O) groups is 3. The van der Waals surface area contributed by atoms with E-state index in [4.69, 9.17) is 0 Å². The van der Waals surface area contributed by atoms with Crippen molar-refractivity contribution in [3.05, 3.63) is 132 Å². The number of likely N-dealkylation sites (tertiary alicyclic amines) is 2. The van der Waals surface area contributed by atoms with Crippen LogP contribution in [-0.2, 0) is 14.4 Å². The van der Waals surface area contributed by atoms with E-state index < -0.39 is 12.2 Å². The van der Waals surface area contributed by atoms with E-state index in [1.165, 1.54) is 0 Å². The lowest BCUT2D eigenvalue weighted by Gasteiger charge is -2.25. The summed E-state index contributed by atoms with van der Waals surface area (Å²) in [4.78, 5) is 50.3. The number of aliphatic hydroxyl groups is 2. The van der Waals surface area contributed by atoms with Crippen molar-refractivity contribution in [2.45, 2.75) is 37.5 Å². The number of aliphatic hydroxyl groups excluding tert-OH is 2. The summed E-state index contributed by atoms with van der Waals surface area (Å²) in [5.41, 5.74) is 5.59. The molecule has 0 saturated carbocycles. The van der Waals surface area contributed by atoms with Crippen molar-refractivity contribution in [1.29, 1.82) is 0 Å². The van der Waals surface area contributed by atoms with E-state index in [1.54, 1.807) is 52.4 Å². The summed E-state index contributed by atoms with van der Waals surface area (Å²) in [6, 6.07) is 33.3. The monoisotopic (exact) mass is 669 g/mol. The molecular formula is C40H39N5O5. The fourth-order valence-electron chi connectivity index (χ4n) is 6.86. The van der Waals surface area contributed by atoms with Crippen LogP contribution in [0.15, 0.2) is 115 Å². The van der Waals surface area contributed by atoms with Gasteiger partial charge in [-0.05, 0) is 59.2 Å². The molecule has 0 unspecified atom stereocenters. The fraction of sp³-hybridized carbons (Fsp3) is 0.250. The van der Waals surface area contributed by atoms with E-state index in [2.05, 4.69) is 15.3 Å². The van der Waals surface area contributed by atoms with Crippen molar-refractivity contribution < 1.29 is 24.6 Å². The molecule has 4 aromatic carbocycles. The SMILES string of the molecule is O=C(Nc1ccc(-c2ccc(-c3cnc([C@@H]4CCCN4C(=O)[C@@H](O)c4ccccc4)[nH]3)cc2)cc1)[C@@H]1CCN(C(=O)[C@@H](O)c2ccccc2)C1. The van der Waals surface area contributed by atoms with Crippen molar-refractivity contribution in [3.8, 4) is 22.4 Å². The first-order chi connectivity index (χ1) is 24.4. The van der Waals surface area contributed by atoms with E-state index in [9.17, 15) is 24.6 Å². The number of hydrogen-bond donors (Lipinski definition) is 4. The number of anilines is 1. The van der Waals surface area contributed by atoms with Crippen LogP contribution in [0.3, 0.4) is 0 Å². The van der Waals surface area contributed by atoms with Crippen molar-refractivity contribution in [2.75, 3.05) is 25.0 Å². The molecule has 5 aromatic rings. The second-order valence-corrected chi connectivity index (χ2v) is 12.9. The average molecular weight is 670 g/mol. The summed E-state index contributed by atoms with van der Waals surface area (Å²) in [5, 5.41) is 24.2. The van der Waals surface area contributed by atoms with Gasteiger partial charge in [0.05, 0.1) is 23.9 Å². The number of aromatic amines is 1. The Morgan fingerprint density at radius 3 is 1.94 bits per heavy atom. The van der Waals surface area contributed by atoms with Gasteiger partial charge in [0.15, 0.2) is 12.2 Å². The Labute approximate surface area is 290 Å². The molecule has 0 bridgehead atoms. The largest absolute Gasteiger partial charge is 0.378 e. The molecule has 2 aliphatic rings. The highest BCUT2D eigenvalue weighted by atomic mass is 16.3. The van der Waals surface area contributed by atoms with Crippen molar-refractivity contribution in [3.63, 3.8) is 0 Å². The van der Waals surface area contributed by atoms with E-state index in [0.29, 0.717) is 42.1 Å². The molecule has 2 saturated heterocycles. The lowest BCUT2D eigenvalue weighted by Crippen LogP contribution is -2.35. The van der Waals surface area contributed by atoms with E-state index in [-0.39, 0.29) is 36.2 Å². The van der Waals surface area contributed by atoms with E-state index in [0.717, 1.165) is 35.2 Å². The number of nitrogens with one attached hydrogen (secondary N) is 2. The highest BCUT2D eigenvalue weighted by molar-refractivity contribution is 5.94. The molecule has 2 fully saturated rings. The molecule has 3 heterocycles. The summed E-state index contributed by atoms with van der Waals surface area (Å²) < 4.78 is 0. The van der Waals surface area contributed by atoms with Gasteiger partial charge in [0.2, 0.25) is 5.91 Å². The summed E-state index contributed by atoms with van der Waals surface area (Å²) in [6.07, 6.45) is 1.48. The van der Waals surface area contributed by atoms with Crippen molar-refractivity contribution >= 4 is 23.4 Å². The van der Waals surface area contributed by atoms with Gasteiger partial charge >= 0.3 is 0 Å². The first kappa shape index (κ1) is 32.9. The van der Waals surface area contributed by atoms with Gasteiger partial charge in [0.25, 0.3) is 11.8 Å². The summed E-state index contributed by atoms with van der Waals surface area (Å²) >= 11 is 0. The Hall–Kier alpha value is -5.58. The number of aromatic nitrogens is 2. The number of nitrogens with zero attached hydrogens (tertiary/aromatic N) is 3. The van der Waals surface area contributed by atoms with Crippen LogP contribution in [0.4, 0.5) is 5.69 Å². The van der Waals surface area contributed by atoms with Gasteiger partial charge in [-0.25, -0.2) is 4.98 Å². The third-order valence-corrected chi connectivity index (χ3v) is 9.70. The van der Waals surface area contributed by atoms with Gasteiger partial charge < -0.3 is 30.3 Å². The highest BCUT2D eigenvalue weighted by Crippen LogP contribution is 2.34. The van der Waals surface area contributed by atoms with Crippen LogP contribution >= 0.6 is 0 Å². The van der Waals surface area contributed by atoms with Gasteiger partial charge in [0, 0.05) is 25.3 Å². The Morgan fingerprint density at radius 1 is 0.720 bits per heavy atom. The third kappa shape index (κ3) is 6.94.